The number of aromatic nitrogens is 2. The molecule has 2 aromatic rings. The van der Waals surface area contributed by atoms with Gasteiger partial charge in [-0.2, -0.15) is 0 Å². The predicted molar refractivity (Wildman–Crippen MR) is 94.9 cm³/mol. The number of hydrogen-bond donors (Lipinski definition) is 1. The molecule has 0 bridgehead atoms. The number of hydrogen-bond acceptors (Lipinski definition) is 3. The molecule has 1 saturated carbocycles. The molecule has 5 heteroatoms. The number of rotatable bonds is 3. The molecule has 3 rings (SSSR count). The van der Waals surface area contributed by atoms with Crippen LogP contribution in [0, 0.1) is 13.8 Å². The Morgan fingerprint density at radius 2 is 1.83 bits per heavy atom. The molecule has 0 aromatic carbocycles. The second-order valence-electron chi connectivity index (χ2n) is 6.49. The maximum atomic E-state index is 12.1. The molecule has 2 aromatic heterocycles. The Labute approximate surface area is 141 Å². The van der Waals surface area contributed by atoms with Crippen molar-refractivity contribution in [1.82, 2.24) is 9.55 Å². The molecule has 0 spiro atoms. The van der Waals surface area contributed by atoms with E-state index in [1.54, 1.807) is 17.5 Å². The molecular formula is C18H25N3OS. The zero-order chi connectivity index (χ0) is 16.4. The number of carbonyl (C=O) groups excluding carboxylic acids is 1. The Morgan fingerprint density at radius 1 is 1.17 bits per heavy atom. The van der Waals surface area contributed by atoms with E-state index in [-0.39, 0.29) is 5.91 Å². The third-order valence-electron chi connectivity index (χ3n) is 5.03. The Balaban J connectivity index is 2.10. The Hall–Kier alpha value is -1.62. The fourth-order valence-corrected chi connectivity index (χ4v) is 4.74. The number of thiazole rings is 1. The predicted octanol–water partition coefficient (Wildman–Crippen LogP) is 4.61. The quantitative estimate of drug-likeness (QED) is 0.892. The van der Waals surface area contributed by atoms with Gasteiger partial charge in [-0.15, -0.1) is 11.3 Å². The lowest BCUT2D eigenvalue weighted by atomic mass is 9.96. The van der Waals surface area contributed by atoms with Gasteiger partial charge in [0.15, 0.2) is 0 Å². The number of carbonyl (C=O) groups is 1. The van der Waals surface area contributed by atoms with Crippen LogP contribution in [-0.4, -0.2) is 15.5 Å². The van der Waals surface area contributed by atoms with Crippen LogP contribution in [0.4, 0.5) is 0 Å². The fourth-order valence-electron chi connectivity index (χ4n) is 4.00. The van der Waals surface area contributed by atoms with E-state index < -0.39 is 0 Å². The van der Waals surface area contributed by atoms with Crippen LogP contribution in [0.2, 0.25) is 0 Å². The summed E-state index contributed by atoms with van der Waals surface area (Å²) >= 11 is 1.57. The monoisotopic (exact) mass is 331 g/mol. The van der Waals surface area contributed by atoms with Crippen molar-refractivity contribution in [1.29, 1.82) is 0 Å². The van der Waals surface area contributed by atoms with E-state index >= 15 is 0 Å². The van der Waals surface area contributed by atoms with Gasteiger partial charge in [-0.1, -0.05) is 32.1 Å². The van der Waals surface area contributed by atoms with Gasteiger partial charge < -0.3 is 10.3 Å². The number of nitrogens with zero attached hydrogens (tertiary/aromatic N) is 2. The van der Waals surface area contributed by atoms with Gasteiger partial charge in [0.25, 0.3) is 5.91 Å². The molecule has 2 heterocycles. The van der Waals surface area contributed by atoms with Crippen LogP contribution in [-0.2, 0) is 0 Å². The highest BCUT2D eigenvalue weighted by molar-refractivity contribution is 7.13. The minimum absolute atomic E-state index is 0.347. The minimum Gasteiger partial charge on any atom is -0.366 e. The van der Waals surface area contributed by atoms with Crippen LogP contribution in [0.25, 0.3) is 10.6 Å². The highest BCUT2D eigenvalue weighted by Gasteiger charge is 2.27. The van der Waals surface area contributed by atoms with Crippen molar-refractivity contribution < 1.29 is 4.79 Å². The van der Waals surface area contributed by atoms with Crippen molar-refractivity contribution in [3.63, 3.8) is 0 Å². The van der Waals surface area contributed by atoms with E-state index in [0.717, 1.165) is 22.0 Å². The van der Waals surface area contributed by atoms with Crippen molar-refractivity contribution in [3.05, 3.63) is 28.5 Å². The number of nitrogens with two attached hydrogens (primary N) is 1. The van der Waals surface area contributed by atoms with Gasteiger partial charge >= 0.3 is 0 Å². The molecule has 0 saturated heterocycles. The molecular weight excluding hydrogens is 306 g/mol. The molecule has 0 atom stereocenters. The molecule has 0 unspecified atom stereocenters. The summed E-state index contributed by atoms with van der Waals surface area (Å²) in [5.74, 6) is -0.347. The normalized spacial score (nSPS) is 17.0. The van der Waals surface area contributed by atoms with Gasteiger partial charge in [0.2, 0.25) is 0 Å². The fraction of sp³-hybridized carbons (Fsp3) is 0.556. The summed E-state index contributed by atoms with van der Waals surface area (Å²) in [4.78, 5) is 16.5. The van der Waals surface area contributed by atoms with Gasteiger partial charge in [0.1, 0.15) is 5.01 Å². The summed E-state index contributed by atoms with van der Waals surface area (Å²) in [6.45, 7) is 4.14. The second kappa shape index (κ2) is 6.87. The molecule has 4 nitrogen and oxygen atoms in total. The molecule has 1 fully saturated rings. The maximum absolute atomic E-state index is 12.1. The molecule has 1 aliphatic carbocycles. The van der Waals surface area contributed by atoms with E-state index in [2.05, 4.69) is 16.5 Å². The van der Waals surface area contributed by atoms with Crippen molar-refractivity contribution in [3.8, 4) is 10.6 Å². The van der Waals surface area contributed by atoms with Gasteiger partial charge in [0.05, 0.1) is 5.56 Å². The molecule has 23 heavy (non-hydrogen) atoms. The van der Waals surface area contributed by atoms with Crippen LogP contribution < -0.4 is 5.73 Å². The first-order valence-electron chi connectivity index (χ1n) is 8.52. The summed E-state index contributed by atoms with van der Waals surface area (Å²) < 4.78 is 2.36. The standard InChI is InChI=1S/C18H25N3OS/c1-12-15(17(19)22)16(18-20-10-11-23-18)13(2)21(12)14-8-6-4-3-5-7-9-14/h10-11,14H,3-9H2,1-2H3,(H2,19,22). The molecule has 0 aliphatic heterocycles. The van der Waals surface area contributed by atoms with Crippen molar-refractivity contribution in [2.45, 2.75) is 64.8 Å². The summed E-state index contributed by atoms with van der Waals surface area (Å²) in [6.07, 6.45) is 10.7. The van der Waals surface area contributed by atoms with Crippen molar-refractivity contribution >= 4 is 17.2 Å². The lowest BCUT2D eigenvalue weighted by Gasteiger charge is -2.25. The Bertz CT molecular complexity index is 680. The SMILES string of the molecule is Cc1c(C(N)=O)c(-c2nccs2)c(C)n1C1CCCCCCC1. The zero-order valence-electron chi connectivity index (χ0n) is 14.0. The topological polar surface area (TPSA) is 60.9 Å². The largest absolute Gasteiger partial charge is 0.366 e. The second-order valence-corrected chi connectivity index (χ2v) is 7.39. The lowest BCUT2D eigenvalue weighted by molar-refractivity contribution is 0.1000. The van der Waals surface area contributed by atoms with Crippen LogP contribution in [0.3, 0.4) is 0 Å². The van der Waals surface area contributed by atoms with E-state index in [0.29, 0.717) is 11.6 Å². The zero-order valence-corrected chi connectivity index (χ0v) is 14.8. The first-order chi connectivity index (χ1) is 11.1. The highest BCUT2D eigenvalue weighted by Crippen LogP contribution is 2.38. The van der Waals surface area contributed by atoms with Crippen LogP contribution in [0.5, 0.6) is 0 Å². The van der Waals surface area contributed by atoms with Gasteiger partial charge in [-0.05, 0) is 26.7 Å². The molecule has 2 N–H and O–H groups in total. The van der Waals surface area contributed by atoms with Crippen LogP contribution in [0.1, 0.15) is 72.7 Å². The minimum atomic E-state index is -0.347. The van der Waals surface area contributed by atoms with Gasteiger partial charge in [-0.25, -0.2) is 4.98 Å². The highest BCUT2D eigenvalue weighted by atomic mass is 32.1. The van der Waals surface area contributed by atoms with Crippen LogP contribution in [0.15, 0.2) is 11.6 Å². The molecule has 1 amide bonds. The smallest absolute Gasteiger partial charge is 0.251 e. The van der Waals surface area contributed by atoms with Crippen molar-refractivity contribution in [2.75, 3.05) is 0 Å². The summed E-state index contributed by atoms with van der Waals surface area (Å²) in [5.41, 5.74) is 9.44. The van der Waals surface area contributed by atoms with Crippen molar-refractivity contribution in [2.24, 2.45) is 5.73 Å². The van der Waals surface area contributed by atoms with E-state index in [4.69, 9.17) is 5.73 Å². The maximum Gasteiger partial charge on any atom is 0.251 e. The van der Waals surface area contributed by atoms with E-state index in [1.165, 1.54) is 44.9 Å². The van der Waals surface area contributed by atoms with E-state index in [1.807, 2.05) is 12.3 Å². The van der Waals surface area contributed by atoms with E-state index in [9.17, 15) is 4.79 Å². The first-order valence-corrected chi connectivity index (χ1v) is 9.40. The third-order valence-corrected chi connectivity index (χ3v) is 5.82. The molecule has 124 valence electrons. The summed E-state index contributed by atoms with van der Waals surface area (Å²) in [5, 5.41) is 2.84. The number of amides is 1. The lowest BCUT2D eigenvalue weighted by Crippen LogP contribution is -2.16. The Kier molecular flexibility index (Phi) is 4.85. The third kappa shape index (κ3) is 3.07. The van der Waals surface area contributed by atoms with Gasteiger partial charge in [0, 0.05) is 34.6 Å². The van der Waals surface area contributed by atoms with Crippen LogP contribution >= 0.6 is 11.3 Å². The summed E-state index contributed by atoms with van der Waals surface area (Å²) in [7, 11) is 0. The average molecular weight is 331 g/mol. The number of primary amides is 1. The molecule has 1 aliphatic rings. The summed E-state index contributed by atoms with van der Waals surface area (Å²) in [6, 6.07) is 0.474. The van der Waals surface area contributed by atoms with Gasteiger partial charge in [-0.3, -0.25) is 4.79 Å². The average Bonchev–Trinajstić information content (AvgIpc) is 3.06. The first kappa shape index (κ1) is 16.2. The molecule has 0 radical (unpaired) electrons. The Morgan fingerprint density at radius 3 is 2.39 bits per heavy atom.